The molecule has 4 aromatic rings. The summed E-state index contributed by atoms with van der Waals surface area (Å²) in [6.45, 7) is -0.518. The zero-order valence-corrected chi connectivity index (χ0v) is 22.3. The Kier molecular flexibility index (Phi) is 8.04. The van der Waals surface area contributed by atoms with Gasteiger partial charge in [-0.2, -0.15) is 0 Å². The van der Waals surface area contributed by atoms with E-state index in [-0.39, 0.29) is 32.3 Å². The van der Waals surface area contributed by atoms with Gasteiger partial charge >= 0.3 is 6.09 Å². The lowest BCUT2D eigenvalue weighted by Crippen LogP contribution is -2.23. The molecule has 14 heteroatoms. The minimum absolute atomic E-state index is 0.0179. The van der Waals surface area contributed by atoms with Crippen molar-refractivity contribution in [3.63, 3.8) is 0 Å². The van der Waals surface area contributed by atoms with Crippen LogP contribution in [0.2, 0.25) is 15.2 Å². The monoisotopic (exact) mass is 605 g/mol. The van der Waals surface area contributed by atoms with Gasteiger partial charge in [0, 0.05) is 23.0 Å². The second kappa shape index (κ2) is 10.9. The van der Waals surface area contributed by atoms with Crippen molar-refractivity contribution in [1.29, 1.82) is 0 Å². The standard InChI is InChI=1S/C22H13Cl6N5O3/c23-11-7-14(24)16(15(8-11)31-21(35)36-10-22(26,27)28)32-20(34)17-18(13-4-1-5-29-19(13)25)33-6-2-3-12(33)9-30-17/h1-9H,10H2,(H,31,35)(H,32,34). The molecule has 186 valence electrons. The first kappa shape index (κ1) is 26.6. The first-order valence-electron chi connectivity index (χ1n) is 9.91. The predicted molar refractivity (Wildman–Crippen MR) is 143 cm³/mol. The van der Waals surface area contributed by atoms with E-state index in [0.717, 1.165) is 5.52 Å². The van der Waals surface area contributed by atoms with Gasteiger partial charge in [-0.15, -0.1) is 0 Å². The summed E-state index contributed by atoms with van der Waals surface area (Å²) < 4.78 is 4.82. The lowest BCUT2D eigenvalue weighted by Gasteiger charge is -2.17. The third-order valence-electron chi connectivity index (χ3n) is 4.70. The van der Waals surface area contributed by atoms with Gasteiger partial charge in [-0.1, -0.05) is 69.6 Å². The predicted octanol–water partition coefficient (Wildman–Crippen LogP) is 7.53. The lowest BCUT2D eigenvalue weighted by atomic mass is 10.1. The zero-order chi connectivity index (χ0) is 26.0. The number of amides is 2. The Morgan fingerprint density at radius 3 is 2.53 bits per heavy atom. The van der Waals surface area contributed by atoms with Crippen LogP contribution in [0, 0.1) is 0 Å². The van der Waals surface area contributed by atoms with Crippen LogP contribution >= 0.6 is 69.6 Å². The van der Waals surface area contributed by atoms with Crippen molar-refractivity contribution in [2.24, 2.45) is 0 Å². The fourth-order valence-electron chi connectivity index (χ4n) is 3.26. The second-order valence-corrected chi connectivity index (χ2v) is 10.9. The highest BCUT2D eigenvalue weighted by Gasteiger charge is 2.25. The van der Waals surface area contributed by atoms with Crippen molar-refractivity contribution in [1.82, 2.24) is 14.4 Å². The average Bonchev–Trinajstić information content (AvgIpc) is 3.28. The second-order valence-electron chi connectivity index (χ2n) is 7.18. The molecule has 0 aliphatic rings. The molecule has 0 atom stereocenters. The summed E-state index contributed by atoms with van der Waals surface area (Å²) in [4.78, 5) is 34.2. The van der Waals surface area contributed by atoms with Crippen LogP contribution in [0.3, 0.4) is 0 Å². The zero-order valence-electron chi connectivity index (χ0n) is 17.7. The van der Waals surface area contributed by atoms with Crippen molar-refractivity contribution in [3.05, 3.63) is 75.9 Å². The molecule has 2 amide bonds. The van der Waals surface area contributed by atoms with E-state index in [1.807, 2.05) is 6.07 Å². The Hall–Kier alpha value is -2.46. The van der Waals surface area contributed by atoms with Crippen molar-refractivity contribution in [3.8, 4) is 11.3 Å². The lowest BCUT2D eigenvalue weighted by molar-refractivity contribution is 0.102. The van der Waals surface area contributed by atoms with Crippen molar-refractivity contribution < 1.29 is 14.3 Å². The number of alkyl halides is 3. The van der Waals surface area contributed by atoms with Crippen LogP contribution in [0.1, 0.15) is 10.5 Å². The fraction of sp³-hybridized carbons (Fsp3) is 0.0909. The highest BCUT2D eigenvalue weighted by molar-refractivity contribution is 6.67. The summed E-state index contributed by atoms with van der Waals surface area (Å²) in [5.74, 6) is -0.651. The maximum atomic E-state index is 13.5. The van der Waals surface area contributed by atoms with Crippen LogP contribution in [-0.4, -0.2) is 36.8 Å². The summed E-state index contributed by atoms with van der Waals surface area (Å²) in [6.07, 6.45) is 3.85. The van der Waals surface area contributed by atoms with Crippen LogP contribution in [0.15, 0.2) is 55.0 Å². The number of fused-ring (bicyclic) bond motifs is 1. The van der Waals surface area contributed by atoms with Crippen LogP contribution in [-0.2, 0) is 4.74 Å². The number of nitrogens with zero attached hydrogens (tertiary/aromatic N) is 3. The number of aromatic nitrogens is 3. The van der Waals surface area contributed by atoms with Crippen molar-refractivity contribution in [2.75, 3.05) is 17.2 Å². The molecule has 0 unspecified atom stereocenters. The Bertz CT molecular complexity index is 1470. The number of halogens is 6. The molecule has 1 aromatic carbocycles. The fourth-order valence-corrected chi connectivity index (χ4v) is 4.17. The molecule has 0 aliphatic heterocycles. The summed E-state index contributed by atoms with van der Waals surface area (Å²) in [7, 11) is 0. The molecule has 4 rings (SSSR count). The Balaban J connectivity index is 1.72. The first-order valence-corrected chi connectivity index (χ1v) is 12.2. The maximum Gasteiger partial charge on any atom is 0.411 e. The van der Waals surface area contributed by atoms with Gasteiger partial charge in [-0.3, -0.25) is 10.1 Å². The molecular weight excluding hydrogens is 595 g/mol. The van der Waals surface area contributed by atoms with Crippen molar-refractivity contribution in [2.45, 2.75) is 3.79 Å². The summed E-state index contributed by atoms with van der Waals surface area (Å²) in [6, 6.07) is 9.77. The number of nitrogens with one attached hydrogen (secondary N) is 2. The van der Waals surface area contributed by atoms with E-state index in [1.54, 1.807) is 28.8 Å². The molecule has 3 heterocycles. The number of ether oxygens (including phenoxy) is 1. The molecule has 36 heavy (non-hydrogen) atoms. The SMILES string of the molecule is O=C(Nc1cc(Cl)cc(Cl)c1NC(=O)c1ncc2cccn2c1-c1cccnc1Cl)OCC(Cl)(Cl)Cl. The number of carbonyl (C=O) groups is 2. The Morgan fingerprint density at radius 2 is 1.81 bits per heavy atom. The smallest absolute Gasteiger partial charge is 0.411 e. The molecule has 0 saturated carbocycles. The number of rotatable bonds is 5. The topological polar surface area (TPSA) is 97.6 Å². The first-order chi connectivity index (χ1) is 17.0. The number of pyridine rings is 1. The molecule has 3 aromatic heterocycles. The largest absolute Gasteiger partial charge is 0.445 e. The molecule has 2 N–H and O–H groups in total. The number of carbonyl (C=O) groups excluding carboxylic acids is 2. The van der Waals surface area contributed by atoms with Gasteiger partial charge in [0.25, 0.3) is 5.91 Å². The van der Waals surface area contributed by atoms with Crippen LogP contribution in [0.25, 0.3) is 16.8 Å². The summed E-state index contributed by atoms with van der Waals surface area (Å²) in [5, 5.41) is 5.50. The highest BCUT2D eigenvalue weighted by Crippen LogP contribution is 2.36. The van der Waals surface area contributed by atoms with E-state index in [1.165, 1.54) is 24.5 Å². The maximum absolute atomic E-state index is 13.5. The summed E-state index contributed by atoms with van der Waals surface area (Å²) >= 11 is 35.6. The molecule has 0 saturated heterocycles. The van der Waals surface area contributed by atoms with Gasteiger partial charge in [0.2, 0.25) is 3.79 Å². The van der Waals surface area contributed by atoms with Gasteiger partial charge in [0.15, 0.2) is 5.69 Å². The van der Waals surface area contributed by atoms with Gasteiger partial charge in [-0.05, 0) is 36.4 Å². The highest BCUT2D eigenvalue weighted by atomic mass is 35.6. The third-order valence-corrected chi connectivity index (χ3v) is 5.84. The molecule has 0 bridgehead atoms. The van der Waals surface area contributed by atoms with Gasteiger partial charge in [-0.25, -0.2) is 14.8 Å². The van der Waals surface area contributed by atoms with E-state index < -0.39 is 22.4 Å². The molecule has 0 radical (unpaired) electrons. The van der Waals surface area contributed by atoms with Gasteiger partial charge in [0.05, 0.1) is 33.8 Å². The minimum atomic E-state index is -1.81. The van der Waals surface area contributed by atoms with Gasteiger partial charge in [0.1, 0.15) is 11.8 Å². The van der Waals surface area contributed by atoms with E-state index in [2.05, 4.69) is 20.6 Å². The molecule has 0 aliphatic carbocycles. The molecule has 8 nitrogen and oxygen atoms in total. The minimum Gasteiger partial charge on any atom is -0.445 e. The number of hydrogen-bond donors (Lipinski definition) is 2. The van der Waals surface area contributed by atoms with E-state index in [9.17, 15) is 9.59 Å². The third kappa shape index (κ3) is 6.08. The van der Waals surface area contributed by atoms with Crippen LogP contribution in [0.5, 0.6) is 0 Å². The summed E-state index contributed by atoms with van der Waals surface area (Å²) in [5.41, 5.74) is 1.70. The number of benzene rings is 1. The Labute approximate surface area is 234 Å². The molecular formula is C22H13Cl6N5O3. The molecule has 0 spiro atoms. The number of anilines is 2. The average molecular weight is 608 g/mol. The molecule has 0 fully saturated rings. The normalized spacial score (nSPS) is 11.4. The van der Waals surface area contributed by atoms with Crippen LogP contribution < -0.4 is 10.6 Å². The Morgan fingerprint density at radius 1 is 1.03 bits per heavy atom. The quantitative estimate of drug-likeness (QED) is 0.181. The van der Waals surface area contributed by atoms with E-state index in [4.69, 9.17) is 74.3 Å². The van der Waals surface area contributed by atoms with Gasteiger partial charge < -0.3 is 14.5 Å². The van der Waals surface area contributed by atoms with E-state index in [0.29, 0.717) is 11.3 Å². The van der Waals surface area contributed by atoms with Crippen molar-refractivity contribution >= 4 is 98.5 Å². The van der Waals surface area contributed by atoms with Crippen LogP contribution in [0.4, 0.5) is 16.2 Å². The van der Waals surface area contributed by atoms with E-state index >= 15 is 0 Å². The number of hydrogen-bond acceptors (Lipinski definition) is 5.